The van der Waals surface area contributed by atoms with E-state index in [1.165, 1.54) is 0 Å². The molecule has 0 aliphatic heterocycles. The van der Waals surface area contributed by atoms with E-state index in [-0.39, 0.29) is 6.61 Å². The van der Waals surface area contributed by atoms with Crippen molar-refractivity contribution in [2.45, 2.75) is 13.1 Å². The molecule has 0 aliphatic rings. The van der Waals surface area contributed by atoms with Gasteiger partial charge in [-0.3, -0.25) is 4.98 Å². The quantitative estimate of drug-likeness (QED) is 0.729. The number of hydrogen-bond acceptors (Lipinski definition) is 4. The third-order valence-corrected chi connectivity index (χ3v) is 3.67. The van der Waals surface area contributed by atoms with Gasteiger partial charge in [0.2, 0.25) is 0 Å². The van der Waals surface area contributed by atoms with Crippen LogP contribution in [0.3, 0.4) is 0 Å². The van der Waals surface area contributed by atoms with Crippen molar-refractivity contribution in [3.05, 3.63) is 65.4 Å². The number of halogens is 1. The van der Waals surface area contributed by atoms with Crippen LogP contribution < -0.4 is 5.32 Å². The molecular formula is C17H17ClN4O. The van der Waals surface area contributed by atoms with Crippen molar-refractivity contribution in [3.63, 3.8) is 0 Å². The third kappa shape index (κ3) is 3.88. The molecule has 2 aromatic heterocycles. The van der Waals surface area contributed by atoms with E-state index in [0.717, 1.165) is 22.6 Å². The van der Waals surface area contributed by atoms with Gasteiger partial charge in [0, 0.05) is 35.6 Å². The lowest BCUT2D eigenvalue weighted by atomic mass is 10.1. The second-order valence-corrected chi connectivity index (χ2v) is 5.52. The maximum absolute atomic E-state index is 9.24. The van der Waals surface area contributed by atoms with Crippen molar-refractivity contribution < 1.29 is 5.11 Å². The second kappa shape index (κ2) is 7.26. The SMILES string of the molecule is OCCn1nc(-c2cccc(Cl)c2)cc1NCc1ccncc1. The summed E-state index contributed by atoms with van der Waals surface area (Å²) >= 11 is 6.05. The minimum Gasteiger partial charge on any atom is -0.394 e. The molecule has 3 aromatic rings. The van der Waals surface area contributed by atoms with E-state index in [1.807, 2.05) is 42.5 Å². The molecule has 0 bridgehead atoms. The molecule has 0 aliphatic carbocycles. The fraction of sp³-hybridized carbons (Fsp3) is 0.176. The highest BCUT2D eigenvalue weighted by atomic mass is 35.5. The lowest BCUT2D eigenvalue weighted by Gasteiger charge is -2.08. The van der Waals surface area contributed by atoms with Gasteiger partial charge in [-0.25, -0.2) is 4.68 Å². The van der Waals surface area contributed by atoms with E-state index < -0.39 is 0 Å². The van der Waals surface area contributed by atoms with Crippen LogP contribution in [0.25, 0.3) is 11.3 Å². The molecule has 2 N–H and O–H groups in total. The van der Waals surface area contributed by atoms with Crippen molar-refractivity contribution in [2.75, 3.05) is 11.9 Å². The standard InChI is InChI=1S/C17H17ClN4O/c18-15-3-1-2-14(10-15)16-11-17(22(21-16)8-9-23)20-12-13-4-6-19-7-5-13/h1-7,10-11,20,23H,8-9,12H2. The summed E-state index contributed by atoms with van der Waals surface area (Å²) in [7, 11) is 0. The summed E-state index contributed by atoms with van der Waals surface area (Å²) in [6.07, 6.45) is 3.53. The zero-order chi connectivity index (χ0) is 16.1. The van der Waals surface area contributed by atoms with Crippen LogP contribution in [0.1, 0.15) is 5.56 Å². The Balaban J connectivity index is 1.84. The number of aliphatic hydroxyl groups is 1. The van der Waals surface area contributed by atoms with E-state index >= 15 is 0 Å². The van der Waals surface area contributed by atoms with Gasteiger partial charge in [-0.2, -0.15) is 5.10 Å². The Morgan fingerprint density at radius 3 is 2.70 bits per heavy atom. The Labute approximate surface area is 139 Å². The predicted octanol–water partition coefficient (Wildman–Crippen LogP) is 3.20. The number of aliphatic hydroxyl groups excluding tert-OH is 1. The minimum atomic E-state index is 0.0284. The number of anilines is 1. The number of aromatic nitrogens is 3. The summed E-state index contributed by atoms with van der Waals surface area (Å²) in [6.45, 7) is 1.12. The lowest BCUT2D eigenvalue weighted by Crippen LogP contribution is -2.10. The molecule has 0 amide bonds. The van der Waals surface area contributed by atoms with Gasteiger partial charge in [-0.05, 0) is 29.8 Å². The average Bonchev–Trinajstić information content (AvgIpc) is 2.97. The van der Waals surface area contributed by atoms with Gasteiger partial charge in [-0.1, -0.05) is 23.7 Å². The van der Waals surface area contributed by atoms with Crippen LogP contribution in [0.15, 0.2) is 54.9 Å². The molecule has 0 fully saturated rings. The Kier molecular flexibility index (Phi) is 4.90. The number of nitrogens with zero attached hydrogens (tertiary/aromatic N) is 3. The van der Waals surface area contributed by atoms with Crippen LogP contribution in [-0.4, -0.2) is 26.5 Å². The molecule has 5 nitrogen and oxygen atoms in total. The van der Waals surface area contributed by atoms with Crippen molar-refractivity contribution in [1.29, 1.82) is 0 Å². The van der Waals surface area contributed by atoms with Crippen LogP contribution in [0.5, 0.6) is 0 Å². The van der Waals surface area contributed by atoms with Gasteiger partial charge < -0.3 is 10.4 Å². The topological polar surface area (TPSA) is 63.0 Å². The van der Waals surface area contributed by atoms with E-state index in [4.69, 9.17) is 11.6 Å². The first-order valence-corrected chi connectivity index (χ1v) is 7.71. The Morgan fingerprint density at radius 2 is 1.96 bits per heavy atom. The molecule has 0 atom stereocenters. The molecule has 2 heterocycles. The largest absolute Gasteiger partial charge is 0.394 e. The first-order valence-electron chi connectivity index (χ1n) is 7.33. The smallest absolute Gasteiger partial charge is 0.125 e. The highest BCUT2D eigenvalue weighted by Gasteiger charge is 2.09. The Bertz CT molecular complexity index is 773. The zero-order valence-electron chi connectivity index (χ0n) is 12.5. The molecule has 0 spiro atoms. The maximum atomic E-state index is 9.24. The Morgan fingerprint density at radius 1 is 1.13 bits per heavy atom. The minimum absolute atomic E-state index is 0.0284. The highest BCUT2D eigenvalue weighted by Crippen LogP contribution is 2.24. The summed E-state index contributed by atoms with van der Waals surface area (Å²) in [5, 5.41) is 17.8. The Hall–Kier alpha value is -2.37. The molecule has 1 aromatic carbocycles. The first-order chi connectivity index (χ1) is 11.3. The summed E-state index contributed by atoms with van der Waals surface area (Å²) < 4.78 is 1.76. The zero-order valence-corrected chi connectivity index (χ0v) is 13.2. The molecular weight excluding hydrogens is 312 g/mol. The highest BCUT2D eigenvalue weighted by molar-refractivity contribution is 6.30. The number of pyridine rings is 1. The molecule has 118 valence electrons. The van der Waals surface area contributed by atoms with Gasteiger partial charge in [0.25, 0.3) is 0 Å². The summed E-state index contributed by atoms with van der Waals surface area (Å²) in [6, 6.07) is 13.4. The number of hydrogen-bond donors (Lipinski definition) is 2. The lowest BCUT2D eigenvalue weighted by molar-refractivity contribution is 0.270. The van der Waals surface area contributed by atoms with Crippen molar-refractivity contribution in [1.82, 2.24) is 14.8 Å². The molecule has 0 unspecified atom stereocenters. The fourth-order valence-corrected chi connectivity index (χ4v) is 2.50. The van der Waals surface area contributed by atoms with Crippen LogP contribution in [0.4, 0.5) is 5.82 Å². The third-order valence-electron chi connectivity index (χ3n) is 3.44. The van der Waals surface area contributed by atoms with Crippen LogP contribution in [0.2, 0.25) is 5.02 Å². The molecule has 6 heteroatoms. The maximum Gasteiger partial charge on any atom is 0.125 e. The molecule has 3 rings (SSSR count). The van der Waals surface area contributed by atoms with Crippen LogP contribution >= 0.6 is 11.6 Å². The normalized spacial score (nSPS) is 10.7. The molecule has 0 radical (unpaired) electrons. The molecule has 0 saturated carbocycles. The van der Waals surface area contributed by atoms with E-state index in [9.17, 15) is 5.11 Å². The number of benzene rings is 1. The summed E-state index contributed by atoms with van der Waals surface area (Å²) in [5.41, 5.74) is 2.89. The number of rotatable bonds is 6. The van der Waals surface area contributed by atoms with Crippen molar-refractivity contribution in [2.24, 2.45) is 0 Å². The molecule has 23 heavy (non-hydrogen) atoms. The summed E-state index contributed by atoms with van der Waals surface area (Å²) in [4.78, 5) is 4.01. The van der Waals surface area contributed by atoms with Crippen LogP contribution in [-0.2, 0) is 13.1 Å². The van der Waals surface area contributed by atoms with Gasteiger partial charge in [0.15, 0.2) is 0 Å². The predicted molar refractivity (Wildman–Crippen MR) is 91.3 cm³/mol. The molecule has 0 saturated heterocycles. The average molecular weight is 329 g/mol. The van der Waals surface area contributed by atoms with Gasteiger partial charge in [-0.15, -0.1) is 0 Å². The van der Waals surface area contributed by atoms with Crippen molar-refractivity contribution >= 4 is 17.4 Å². The van der Waals surface area contributed by atoms with E-state index in [0.29, 0.717) is 18.1 Å². The van der Waals surface area contributed by atoms with Gasteiger partial charge >= 0.3 is 0 Å². The summed E-state index contributed by atoms with van der Waals surface area (Å²) in [5.74, 6) is 0.853. The van der Waals surface area contributed by atoms with E-state index in [1.54, 1.807) is 17.1 Å². The fourth-order valence-electron chi connectivity index (χ4n) is 2.31. The van der Waals surface area contributed by atoms with Crippen molar-refractivity contribution in [3.8, 4) is 11.3 Å². The van der Waals surface area contributed by atoms with Crippen LogP contribution in [0, 0.1) is 0 Å². The van der Waals surface area contributed by atoms with Gasteiger partial charge in [0.05, 0.1) is 18.8 Å². The number of nitrogens with one attached hydrogen (secondary N) is 1. The second-order valence-electron chi connectivity index (χ2n) is 5.08. The van der Waals surface area contributed by atoms with E-state index in [2.05, 4.69) is 15.4 Å². The monoisotopic (exact) mass is 328 g/mol. The van der Waals surface area contributed by atoms with Gasteiger partial charge in [0.1, 0.15) is 5.82 Å². The first kappa shape index (κ1) is 15.5.